The molecule has 0 aliphatic carbocycles. The molecular formula is C11H17NO. The van der Waals surface area contributed by atoms with Crippen molar-refractivity contribution in [1.82, 2.24) is 4.90 Å². The van der Waals surface area contributed by atoms with Gasteiger partial charge in [-0.2, -0.15) is 0 Å². The molecule has 0 N–H and O–H groups in total. The molecule has 1 aliphatic rings. The van der Waals surface area contributed by atoms with E-state index < -0.39 is 0 Å². The van der Waals surface area contributed by atoms with Crippen LogP contribution in [0.15, 0.2) is 0 Å². The molecule has 2 heteroatoms. The average Bonchev–Trinajstić information content (AvgIpc) is 2.27. The van der Waals surface area contributed by atoms with Gasteiger partial charge in [-0.25, -0.2) is 0 Å². The van der Waals surface area contributed by atoms with Gasteiger partial charge in [0, 0.05) is 7.97 Å². The second-order valence-corrected chi connectivity index (χ2v) is 3.58. The fourth-order valence-corrected chi connectivity index (χ4v) is 1.20. The molecule has 1 heterocycles. The van der Waals surface area contributed by atoms with E-state index in [1.165, 1.54) is 0 Å². The number of nitrogens with zero attached hydrogens (tertiary/aromatic N) is 1. The number of hydrogen-bond donors (Lipinski definition) is 0. The Labute approximate surface area is 81.7 Å². The van der Waals surface area contributed by atoms with Crippen LogP contribution in [0.2, 0.25) is 0 Å². The van der Waals surface area contributed by atoms with Crippen LogP contribution >= 0.6 is 0 Å². The smallest absolute Gasteiger partial charge is 0.134 e. The molecule has 0 aromatic heterocycles. The zero-order chi connectivity index (χ0) is 9.90. The van der Waals surface area contributed by atoms with Gasteiger partial charge in [0.05, 0.1) is 0 Å². The summed E-state index contributed by atoms with van der Waals surface area (Å²) in [5.74, 6) is 11.2. The van der Waals surface area contributed by atoms with Crippen molar-refractivity contribution in [1.29, 1.82) is 0 Å². The maximum Gasteiger partial charge on any atom is 0.134 e. The SMILES string of the molecule is CC#CC#CC1CN(C)C(C)(C)O1.[HH]. The first-order valence-corrected chi connectivity index (χ1v) is 4.37. The molecule has 1 saturated heterocycles. The van der Waals surface area contributed by atoms with Crippen molar-refractivity contribution < 1.29 is 6.16 Å². The summed E-state index contributed by atoms with van der Waals surface area (Å²) in [6.45, 7) is 6.71. The van der Waals surface area contributed by atoms with Crippen LogP contribution in [0.5, 0.6) is 0 Å². The van der Waals surface area contributed by atoms with Crippen LogP contribution in [0.25, 0.3) is 0 Å². The van der Waals surface area contributed by atoms with E-state index in [1.54, 1.807) is 6.92 Å². The molecule has 0 saturated carbocycles. The molecule has 0 bridgehead atoms. The number of likely N-dealkylation sites (N-methyl/N-ethyl adjacent to an activating group) is 1. The van der Waals surface area contributed by atoms with Crippen LogP contribution in [0.4, 0.5) is 0 Å². The molecule has 1 atom stereocenters. The quantitative estimate of drug-likeness (QED) is 0.520. The number of hydrogen-bond acceptors (Lipinski definition) is 2. The summed E-state index contributed by atoms with van der Waals surface area (Å²) < 4.78 is 5.69. The molecule has 0 aromatic rings. The van der Waals surface area contributed by atoms with E-state index in [1.807, 2.05) is 20.9 Å². The predicted octanol–water partition coefficient (Wildman–Crippen LogP) is 1.33. The van der Waals surface area contributed by atoms with Gasteiger partial charge in [0.2, 0.25) is 0 Å². The van der Waals surface area contributed by atoms with Crippen molar-refractivity contribution in [2.45, 2.75) is 32.6 Å². The highest BCUT2D eigenvalue weighted by atomic mass is 16.5. The standard InChI is InChI=1S/C11H15NO.H2/c1-5-6-7-8-10-9-12(4)11(2,3)13-10;/h10H,9H2,1-4H3;1H. The van der Waals surface area contributed by atoms with Crippen molar-refractivity contribution in [2.75, 3.05) is 13.6 Å². The monoisotopic (exact) mass is 179 g/mol. The van der Waals surface area contributed by atoms with Crippen LogP contribution in [0.1, 0.15) is 22.2 Å². The number of ether oxygens (including phenoxy) is 1. The Morgan fingerprint density at radius 2 is 2.15 bits per heavy atom. The van der Waals surface area contributed by atoms with Gasteiger partial charge in [-0.05, 0) is 39.7 Å². The summed E-state index contributed by atoms with van der Waals surface area (Å²) >= 11 is 0. The summed E-state index contributed by atoms with van der Waals surface area (Å²) in [7, 11) is 2.03. The van der Waals surface area contributed by atoms with Gasteiger partial charge in [-0.1, -0.05) is 11.8 Å². The van der Waals surface area contributed by atoms with Crippen LogP contribution < -0.4 is 0 Å². The molecule has 13 heavy (non-hydrogen) atoms. The number of rotatable bonds is 0. The maximum absolute atomic E-state index is 5.69. The molecule has 1 rings (SSSR count). The van der Waals surface area contributed by atoms with E-state index >= 15 is 0 Å². The third kappa shape index (κ3) is 2.49. The Bertz CT molecular complexity index is 303. The second-order valence-electron chi connectivity index (χ2n) is 3.58. The second kappa shape index (κ2) is 3.83. The van der Waals surface area contributed by atoms with Crippen molar-refractivity contribution in [3.63, 3.8) is 0 Å². The molecule has 72 valence electrons. The first kappa shape index (κ1) is 10.1. The van der Waals surface area contributed by atoms with Gasteiger partial charge in [0.1, 0.15) is 11.8 Å². The largest absolute Gasteiger partial charge is 0.344 e. The minimum atomic E-state index is -0.195. The van der Waals surface area contributed by atoms with Gasteiger partial charge in [-0.15, -0.1) is 0 Å². The van der Waals surface area contributed by atoms with Crippen LogP contribution in [0, 0.1) is 23.7 Å². The van der Waals surface area contributed by atoms with Crippen molar-refractivity contribution in [3.05, 3.63) is 0 Å². The first-order valence-electron chi connectivity index (χ1n) is 4.37. The van der Waals surface area contributed by atoms with E-state index in [0.29, 0.717) is 0 Å². The lowest BCUT2D eigenvalue weighted by Gasteiger charge is -2.25. The predicted molar refractivity (Wildman–Crippen MR) is 54.9 cm³/mol. The van der Waals surface area contributed by atoms with Gasteiger partial charge < -0.3 is 4.74 Å². The molecular weight excluding hydrogens is 162 g/mol. The highest BCUT2D eigenvalue weighted by Crippen LogP contribution is 2.23. The van der Waals surface area contributed by atoms with Crippen molar-refractivity contribution in [3.8, 4) is 23.7 Å². The minimum absolute atomic E-state index is 0. The van der Waals surface area contributed by atoms with Gasteiger partial charge >= 0.3 is 0 Å². The zero-order valence-electron chi connectivity index (χ0n) is 8.64. The van der Waals surface area contributed by atoms with Crippen molar-refractivity contribution >= 4 is 0 Å². The maximum atomic E-state index is 5.69. The molecule has 0 amide bonds. The Morgan fingerprint density at radius 3 is 2.62 bits per heavy atom. The highest BCUT2D eigenvalue weighted by Gasteiger charge is 2.35. The first-order chi connectivity index (χ1) is 6.06. The van der Waals surface area contributed by atoms with Gasteiger partial charge in [0.15, 0.2) is 0 Å². The lowest BCUT2D eigenvalue weighted by Crippen LogP contribution is -2.35. The van der Waals surface area contributed by atoms with E-state index in [9.17, 15) is 0 Å². The molecule has 0 radical (unpaired) electrons. The Hall–Kier alpha value is -0.960. The summed E-state index contributed by atoms with van der Waals surface area (Å²) in [5.41, 5.74) is -0.195. The third-order valence-electron chi connectivity index (χ3n) is 2.21. The average molecular weight is 179 g/mol. The van der Waals surface area contributed by atoms with E-state index in [0.717, 1.165) is 6.54 Å². The zero-order valence-corrected chi connectivity index (χ0v) is 8.64. The minimum Gasteiger partial charge on any atom is -0.344 e. The lowest BCUT2D eigenvalue weighted by atomic mass is 10.3. The Morgan fingerprint density at radius 1 is 1.46 bits per heavy atom. The fraction of sp³-hybridized carbons (Fsp3) is 0.636. The van der Waals surface area contributed by atoms with Gasteiger partial charge in [-0.3, -0.25) is 4.90 Å². The molecule has 1 fully saturated rings. The molecule has 0 spiro atoms. The highest BCUT2D eigenvalue weighted by molar-refractivity contribution is 5.27. The summed E-state index contributed by atoms with van der Waals surface area (Å²) in [6.07, 6.45) is 0.000787. The fourth-order valence-electron chi connectivity index (χ4n) is 1.20. The van der Waals surface area contributed by atoms with E-state index in [2.05, 4.69) is 28.6 Å². The molecule has 2 nitrogen and oxygen atoms in total. The Kier molecular flexibility index (Phi) is 2.98. The summed E-state index contributed by atoms with van der Waals surface area (Å²) in [4.78, 5) is 2.14. The normalized spacial score (nSPS) is 25.7. The molecule has 0 aromatic carbocycles. The van der Waals surface area contributed by atoms with E-state index in [-0.39, 0.29) is 13.3 Å². The molecule has 1 unspecified atom stereocenters. The topological polar surface area (TPSA) is 12.5 Å². The van der Waals surface area contributed by atoms with E-state index in [4.69, 9.17) is 4.74 Å². The Balaban J connectivity index is 0.00000169. The van der Waals surface area contributed by atoms with Crippen LogP contribution in [-0.2, 0) is 4.74 Å². The van der Waals surface area contributed by atoms with Crippen molar-refractivity contribution in [2.24, 2.45) is 0 Å². The summed E-state index contributed by atoms with van der Waals surface area (Å²) in [5, 5.41) is 0. The molecule has 1 aliphatic heterocycles. The lowest BCUT2D eigenvalue weighted by molar-refractivity contribution is -0.0535. The van der Waals surface area contributed by atoms with Gasteiger partial charge in [0.25, 0.3) is 0 Å². The van der Waals surface area contributed by atoms with Crippen LogP contribution in [-0.4, -0.2) is 30.3 Å². The summed E-state index contributed by atoms with van der Waals surface area (Å²) in [6, 6.07) is 0. The van der Waals surface area contributed by atoms with Crippen LogP contribution in [0.3, 0.4) is 0 Å². The third-order valence-corrected chi connectivity index (χ3v) is 2.21.